The predicted molar refractivity (Wildman–Crippen MR) is 80.7 cm³/mol. The summed E-state index contributed by atoms with van der Waals surface area (Å²) in [6, 6.07) is 10.8. The van der Waals surface area contributed by atoms with Gasteiger partial charge in [0.2, 0.25) is 0 Å². The summed E-state index contributed by atoms with van der Waals surface area (Å²) in [5, 5.41) is 22.4. The lowest BCUT2D eigenvalue weighted by Gasteiger charge is -2.20. The molecule has 0 fully saturated rings. The lowest BCUT2D eigenvalue weighted by Crippen LogP contribution is -2.27. The standard InChI is InChI=1S/C14H11N3O6/c1-23-14(18)15(10-6-2-4-8-12(10)16(19)20)11-7-3-5-9-13(11)17(21)22/h2-9H,1H3. The summed E-state index contributed by atoms with van der Waals surface area (Å²) in [6.07, 6.45) is -0.978. The van der Waals surface area contributed by atoms with Crippen molar-refractivity contribution >= 4 is 28.8 Å². The summed E-state index contributed by atoms with van der Waals surface area (Å²) in [4.78, 5) is 33.9. The molecule has 0 atom stereocenters. The van der Waals surface area contributed by atoms with Gasteiger partial charge in [-0.1, -0.05) is 24.3 Å². The van der Waals surface area contributed by atoms with Gasteiger partial charge in [-0.3, -0.25) is 20.2 Å². The molecule has 0 unspecified atom stereocenters. The van der Waals surface area contributed by atoms with Crippen LogP contribution in [0.1, 0.15) is 0 Å². The molecule has 118 valence electrons. The van der Waals surface area contributed by atoms with Crippen molar-refractivity contribution in [3.05, 3.63) is 68.8 Å². The number of anilines is 2. The van der Waals surface area contributed by atoms with E-state index in [9.17, 15) is 25.0 Å². The van der Waals surface area contributed by atoms with Crippen molar-refractivity contribution in [1.82, 2.24) is 0 Å². The van der Waals surface area contributed by atoms with Crippen LogP contribution in [0.15, 0.2) is 48.5 Å². The average molecular weight is 317 g/mol. The van der Waals surface area contributed by atoms with Crippen molar-refractivity contribution in [1.29, 1.82) is 0 Å². The SMILES string of the molecule is COC(=O)N(c1ccccc1[N+](=O)[O-])c1ccccc1[N+](=O)[O-]. The van der Waals surface area contributed by atoms with Gasteiger partial charge in [-0.05, 0) is 12.1 Å². The second-order valence-corrected chi connectivity index (χ2v) is 4.30. The summed E-state index contributed by atoms with van der Waals surface area (Å²) in [5.41, 5.74) is -1.01. The zero-order valence-electron chi connectivity index (χ0n) is 11.9. The first-order chi connectivity index (χ1) is 11.0. The lowest BCUT2D eigenvalue weighted by molar-refractivity contribution is -0.384. The van der Waals surface area contributed by atoms with Crippen LogP contribution in [0.2, 0.25) is 0 Å². The minimum atomic E-state index is -0.978. The molecule has 0 saturated heterocycles. The van der Waals surface area contributed by atoms with Gasteiger partial charge in [0.05, 0.1) is 17.0 Å². The van der Waals surface area contributed by atoms with Gasteiger partial charge in [-0.2, -0.15) is 0 Å². The van der Waals surface area contributed by atoms with Gasteiger partial charge in [0.1, 0.15) is 11.4 Å². The fraction of sp³-hybridized carbons (Fsp3) is 0.0714. The number of carbonyl (C=O) groups is 1. The van der Waals surface area contributed by atoms with Crippen LogP contribution >= 0.6 is 0 Å². The first kappa shape index (κ1) is 15.9. The maximum atomic E-state index is 12.1. The van der Waals surface area contributed by atoms with E-state index in [4.69, 9.17) is 0 Å². The Labute approximate surface area is 130 Å². The van der Waals surface area contributed by atoms with Crippen LogP contribution < -0.4 is 4.90 Å². The van der Waals surface area contributed by atoms with Crippen LogP contribution in [-0.4, -0.2) is 23.0 Å². The van der Waals surface area contributed by atoms with Crippen LogP contribution in [0.25, 0.3) is 0 Å². The molecule has 0 aromatic heterocycles. The normalized spacial score (nSPS) is 9.96. The molecule has 2 aromatic carbocycles. The molecule has 2 rings (SSSR count). The van der Waals surface area contributed by atoms with Crippen LogP contribution in [0, 0.1) is 20.2 Å². The Morgan fingerprint density at radius 1 is 0.913 bits per heavy atom. The Bertz CT molecular complexity index is 719. The van der Waals surface area contributed by atoms with Crippen molar-refractivity contribution in [2.45, 2.75) is 0 Å². The van der Waals surface area contributed by atoms with Crippen molar-refractivity contribution in [3.8, 4) is 0 Å². The van der Waals surface area contributed by atoms with Gasteiger partial charge in [-0.15, -0.1) is 0 Å². The van der Waals surface area contributed by atoms with E-state index in [1.807, 2.05) is 0 Å². The molecule has 0 bridgehead atoms. The van der Waals surface area contributed by atoms with E-state index in [0.29, 0.717) is 0 Å². The van der Waals surface area contributed by atoms with Gasteiger partial charge >= 0.3 is 6.09 Å². The van der Waals surface area contributed by atoms with Gasteiger partial charge in [0, 0.05) is 12.1 Å². The average Bonchev–Trinajstić information content (AvgIpc) is 2.55. The highest BCUT2D eigenvalue weighted by Crippen LogP contribution is 2.38. The quantitative estimate of drug-likeness (QED) is 0.630. The number of methoxy groups -OCH3 is 1. The molecule has 0 aliphatic rings. The van der Waals surface area contributed by atoms with E-state index < -0.39 is 15.9 Å². The van der Waals surface area contributed by atoms with Crippen molar-refractivity contribution in [3.63, 3.8) is 0 Å². The van der Waals surface area contributed by atoms with Gasteiger partial charge in [0.25, 0.3) is 11.4 Å². The number of amides is 1. The first-order valence-electron chi connectivity index (χ1n) is 6.32. The van der Waals surface area contributed by atoms with Gasteiger partial charge < -0.3 is 4.74 Å². The molecular weight excluding hydrogens is 306 g/mol. The Morgan fingerprint density at radius 2 is 1.30 bits per heavy atom. The number of hydrogen-bond donors (Lipinski definition) is 0. The van der Waals surface area contributed by atoms with Crippen molar-refractivity contribution < 1.29 is 19.4 Å². The lowest BCUT2D eigenvalue weighted by atomic mass is 10.2. The number of ether oxygens (including phenoxy) is 1. The molecule has 23 heavy (non-hydrogen) atoms. The highest BCUT2D eigenvalue weighted by atomic mass is 16.6. The molecule has 1 amide bonds. The number of nitro groups is 2. The number of nitrogens with zero attached hydrogens (tertiary/aromatic N) is 3. The molecule has 0 aliphatic heterocycles. The predicted octanol–water partition coefficient (Wildman–Crippen LogP) is 3.41. The molecular formula is C14H11N3O6. The monoisotopic (exact) mass is 317 g/mol. The molecule has 2 aromatic rings. The zero-order chi connectivity index (χ0) is 17.0. The summed E-state index contributed by atoms with van der Waals surface area (Å²) in [5.74, 6) is 0. The minimum Gasteiger partial charge on any atom is -0.452 e. The Morgan fingerprint density at radius 3 is 1.65 bits per heavy atom. The molecule has 0 radical (unpaired) electrons. The number of nitro benzene ring substituents is 2. The number of hydrogen-bond acceptors (Lipinski definition) is 6. The number of para-hydroxylation sites is 4. The fourth-order valence-corrected chi connectivity index (χ4v) is 2.03. The maximum Gasteiger partial charge on any atom is 0.419 e. The number of rotatable bonds is 4. The second-order valence-electron chi connectivity index (χ2n) is 4.30. The van der Waals surface area contributed by atoms with E-state index in [-0.39, 0.29) is 22.7 Å². The van der Waals surface area contributed by atoms with Crippen molar-refractivity contribution in [2.75, 3.05) is 12.0 Å². The molecule has 0 N–H and O–H groups in total. The Balaban J connectivity index is 2.73. The van der Waals surface area contributed by atoms with E-state index in [1.165, 1.54) is 48.5 Å². The van der Waals surface area contributed by atoms with Crippen LogP contribution in [0.4, 0.5) is 27.5 Å². The van der Waals surface area contributed by atoms with Gasteiger partial charge in [0.15, 0.2) is 0 Å². The van der Waals surface area contributed by atoms with E-state index in [1.54, 1.807) is 0 Å². The fourth-order valence-electron chi connectivity index (χ4n) is 2.03. The Kier molecular flexibility index (Phi) is 4.50. The minimum absolute atomic E-state index is 0.126. The summed E-state index contributed by atoms with van der Waals surface area (Å²) < 4.78 is 4.63. The van der Waals surface area contributed by atoms with E-state index in [2.05, 4.69) is 4.74 Å². The molecule has 0 saturated carbocycles. The summed E-state index contributed by atoms with van der Waals surface area (Å²) >= 11 is 0. The van der Waals surface area contributed by atoms with E-state index in [0.717, 1.165) is 12.0 Å². The molecule has 0 heterocycles. The Hall–Kier alpha value is -3.49. The third-order valence-electron chi connectivity index (χ3n) is 3.00. The smallest absolute Gasteiger partial charge is 0.419 e. The van der Waals surface area contributed by atoms with Gasteiger partial charge in [-0.25, -0.2) is 9.69 Å². The van der Waals surface area contributed by atoms with E-state index >= 15 is 0 Å². The zero-order valence-corrected chi connectivity index (χ0v) is 11.9. The molecule has 0 aliphatic carbocycles. The second kappa shape index (κ2) is 6.52. The maximum absolute atomic E-state index is 12.1. The van der Waals surface area contributed by atoms with Crippen LogP contribution in [0.5, 0.6) is 0 Å². The number of benzene rings is 2. The highest BCUT2D eigenvalue weighted by Gasteiger charge is 2.31. The van der Waals surface area contributed by atoms with Crippen LogP contribution in [-0.2, 0) is 4.74 Å². The summed E-state index contributed by atoms with van der Waals surface area (Å²) in [7, 11) is 1.08. The third kappa shape index (κ3) is 3.07. The molecule has 9 heteroatoms. The largest absolute Gasteiger partial charge is 0.452 e. The van der Waals surface area contributed by atoms with Crippen molar-refractivity contribution in [2.24, 2.45) is 0 Å². The number of carbonyl (C=O) groups excluding carboxylic acids is 1. The topological polar surface area (TPSA) is 116 Å². The highest BCUT2D eigenvalue weighted by molar-refractivity contribution is 6.00. The van der Waals surface area contributed by atoms with Crippen LogP contribution in [0.3, 0.4) is 0 Å². The summed E-state index contributed by atoms with van der Waals surface area (Å²) in [6.45, 7) is 0. The first-order valence-corrected chi connectivity index (χ1v) is 6.32. The molecule has 9 nitrogen and oxygen atoms in total. The molecule has 0 spiro atoms. The third-order valence-corrected chi connectivity index (χ3v) is 3.00.